The van der Waals surface area contributed by atoms with Crippen molar-refractivity contribution in [2.75, 3.05) is 7.11 Å². The summed E-state index contributed by atoms with van der Waals surface area (Å²) in [6.45, 7) is 3.70. The quantitative estimate of drug-likeness (QED) is 0.914. The predicted octanol–water partition coefficient (Wildman–Crippen LogP) is 1.46. The largest absolute Gasteiger partial charge is 0.494 e. The van der Waals surface area contributed by atoms with Gasteiger partial charge in [0.2, 0.25) is 11.8 Å². The van der Waals surface area contributed by atoms with Crippen molar-refractivity contribution in [3.63, 3.8) is 0 Å². The number of methoxy groups -OCH3 is 1. The summed E-state index contributed by atoms with van der Waals surface area (Å²) in [5.74, 6) is -0.652. The normalized spacial score (nSPS) is 22.2. The highest BCUT2D eigenvalue weighted by Crippen LogP contribution is 2.21. The number of halogens is 1. The van der Waals surface area contributed by atoms with Crippen LogP contribution in [0.4, 0.5) is 4.39 Å². The highest BCUT2D eigenvalue weighted by atomic mass is 19.1. The molecule has 1 fully saturated rings. The van der Waals surface area contributed by atoms with E-state index >= 15 is 0 Å². The van der Waals surface area contributed by atoms with Gasteiger partial charge in [-0.05, 0) is 31.0 Å². The molecule has 0 aromatic heterocycles. The molecular formula is C15H19FN2O3. The number of piperazine rings is 1. The van der Waals surface area contributed by atoms with E-state index in [4.69, 9.17) is 4.74 Å². The van der Waals surface area contributed by atoms with Gasteiger partial charge in [0.15, 0.2) is 11.6 Å². The van der Waals surface area contributed by atoms with E-state index in [1.165, 1.54) is 24.1 Å². The molecule has 1 heterocycles. The zero-order valence-electron chi connectivity index (χ0n) is 12.4. The number of hydrogen-bond acceptors (Lipinski definition) is 3. The summed E-state index contributed by atoms with van der Waals surface area (Å²) in [6.07, 6.45) is 0.533. The summed E-state index contributed by atoms with van der Waals surface area (Å²) in [5.41, 5.74) is 0.623. The summed E-state index contributed by atoms with van der Waals surface area (Å²) in [4.78, 5) is 25.7. The molecular weight excluding hydrogens is 275 g/mol. The number of rotatable bonds is 4. The number of hydrogen-bond donors (Lipinski definition) is 1. The Morgan fingerprint density at radius 3 is 2.67 bits per heavy atom. The van der Waals surface area contributed by atoms with E-state index < -0.39 is 17.9 Å². The minimum Gasteiger partial charge on any atom is -0.494 e. The van der Waals surface area contributed by atoms with Gasteiger partial charge in [0, 0.05) is 6.54 Å². The van der Waals surface area contributed by atoms with Gasteiger partial charge in [-0.15, -0.1) is 0 Å². The number of carbonyl (C=O) groups is 2. The lowest BCUT2D eigenvalue weighted by molar-refractivity contribution is -0.149. The lowest BCUT2D eigenvalue weighted by atomic mass is 10.0. The van der Waals surface area contributed by atoms with E-state index in [-0.39, 0.29) is 24.1 Å². The summed E-state index contributed by atoms with van der Waals surface area (Å²) >= 11 is 0. The number of nitrogens with zero attached hydrogens (tertiary/aromatic N) is 1. The van der Waals surface area contributed by atoms with Crippen molar-refractivity contribution in [3.8, 4) is 5.75 Å². The number of ether oxygens (including phenoxy) is 1. The van der Waals surface area contributed by atoms with E-state index in [9.17, 15) is 14.0 Å². The van der Waals surface area contributed by atoms with E-state index in [0.29, 0.717) is 12.0 Å². The molecule has 2 unspecified atom stereocenters. The molecule has 0 spiro atoms. The highest BCUT2D eigenvalue weighted by Gasteiger charge is 2.36. The van der Waals surface area contributed by atoms with Gasteiger partial charge >= 0.3 is 0 Å². The molecule has 114 valence electrons. The van der Waals surface area contributed by atoms with Gasteiger partial charge in [-0.1, -0.05) is 13.0 Å². The van der Waals surface area contributed by atoms with Crippen LogP contribution >= 0.6 is 0 Å². The van der Waals surface area contributed by atoms with Crippen LogP contribution in [0.15, 0.2) is 18.2 Å². The first kappa shape index (κ1) is 15.3. The summed E-state index contributed by atoms with van der Waals surface area (Å²) < 4.78 is 18.6. The second-order valence-electron chi connectivity index (χ2n) is 5.08. The predicted molar refractivity (Wildman–Crippen MR) is 75.2 cm³/mol. The molecule has 0 radical (unpaired) electrons. The van der Waals surface area contributed by atoms with Crippen molar-refractivity contribution in [2.45, 2.75) is 38.9 Å². The zero-order valence-corrected chi connectivity index (χ0v) is 12.4. The standard InChI is InChI=1S/C15H19FN2O3/c1-4-12-15(20)18(9(2)14(19)17-12)8-10-5-6-13(21-3)11(16)7-10/h5-7,9,12H,4,8H2,1-3H3,(H,17,19). The van der Waals surface area contributed by atoms with Crippen molar-refractivity contribution in [2.24, 2.45) is 0 Å². The fraction of sp³-hybridized carbons (Fsp3) is 0.467. The Labute approximate surface area is 123 Å². The molecule has 1 aromatic carbocycles. The molecule has 2 atom stereocenters. The second-order valence-corrected chi connectivity index (χ2v) is 5.08. The van der Waals surface area contributed by atoms with E-state index in [1.54, 1.807) is 13.0 Å². The molecule has 6 heteroatoms. The third-order valence-electron chi connectivity index (χ3n) is 3.72. The van der Waals surface area contributed by atoms with Crippen LogP contribution in [0.5, 0.6) is 5.75 Å². The summed E-state index contributed by atoms with van der Waals surface area (Å²) in [6, 6.07) is 3.46. The van der Waals surface area contributed by atoms with Gasteiger partial charge in [-0.2, -0.15) is 0 Å². The van der Waals surface area contributed by atoms with Crippen molar-refractivity contribution in [1.82, 2.24) is 10.2 Å². The van der Waals surface area contributed by atoms with Crippen molar-refractivity contribution >= 4 is 11.8 Å². The molecule has 1 aliphatic heterocycles. The minimum atomic E-state index is -0.564. The molecule has 1 saturated heterocycles. The molecule has 0 aliphatic carbocycles. The highest BCUT2D eigenvalue weighted by molar-refractivity contribution is 5.96. The Bertz CT molecular complexity index is 562. The molecule has 5 nitrogen and oxygen atoms in total. The molecule has 0 saturated carbocycles. The Morgan fingerprint density at radius 1 is 1.38 bits per heavy atom. The summed E-state index contributed by atoms with van der Waals surface area (Å²) in [7, 11) is 1.39. The van der Waals surface area contributed by atoms with Gasteiger partial charge in [0.1, 0.15) is 12.1 Å². The Kier molecular flexibility index (Phi) is 4.45. The molecule has 0 bridgehead atoms. The topological polar surface area (TPSA) is 58.6 Å². The lowest BCUT2D eigenvalue weighted by Gasteiger charge is -2.37. The average Bonchev–Trinajstić information content (AvgIpc) is 2.47. The average molecular weight is 294 g/mol. The maximum absolute atomic E-state index is 13.7. The number of carbonyl (C=O) groups excluding carboxylic acids is 2. The van der Waals surface area contributed by atoms with Crippen LogP contribution in [-0.4, -0.2) is 35.9 Å². The molecule has 1 N–H and O–H groups in total. The lowest BCUT2D eigenvalue weighted by Crippen LogP contribution is -2.61. The zero-order chi connectivity index (χ0) is 15.6. The molecule has 2 amide bonds. The van der Waals surface area contributed by atoms with Gasteiger partial charge < -0.3 is 15.0 Å². The minimum absolute atomic E-state index is 0.138. The van der Waals surface area contributed by atoms with E-state index in [2.05, 4.69) is 5.32 Å². The van der Waals surface area contributed by atoms with Gasteiger partial charge in [0.25, 0.3) is 0 Å². The molecule has 1 aliphatic rings. The van der Waals surface area contributed by atoms with E-state index in [0.717, 1.165) is 0 Å². The molecule has 2 rings (SSSR count). The Balaban J connectivity index is 2.21. The number of nitrogens with one attached hydrogen (secondary N) is 1. The third kappa shape index (κ3) is 2.99. The first-order valence-electron chi connectivity index (χ1n) is 6.91. The molecule has 1 aromatic rings. The third-order valence-corrected chi connectivity index (χ3v) is 3.72. The van der Waals surface area contributed by atoms with Crippen LogP contribution in [0.1, 0.15) is 25.8 Å². The fourth-order valence-electron chi connectivity index (χ4n) is 2.38. The van der Waals surface area contributed by atoms with Crippen molar-refractivity contribution in [1.29, 1.82) is 0 Å². The monoisotopic (exact) mass is 294 g/mol. The first-order valence-corrected chi connectivity index (χ1v) is 6.91. The van der Waals surface area contributed by atoms with Crippen LogP contribution in [0.2, 0.25) is 0 Å². The maximum atomic E-state index is 13.7. The van der Waals surface area contributed by atoms with Crippen molar-refractivity contribution in [3.05, 3.63) is 29.6 Å². The van der Waals surface area contributed by atoms with Crippen LogP contribution in [0.3, 0.4) is 0 Å². The van der Waals surface area contributed by atoms with Crippen LogP contribution in [0.25, 0.3) is 0 Å². The molecule has 21 heavy (non-hydrogen) atoms. The van der Waals surface area contributed by atoms with Crippen LogP contribution in [0, 0.1) is 5.82 Å². The first-order chi connectivity index (χ1) is 9.97. The fourth-order valence-corrected chi connectivity index (χ4v) is 2.38. The van der Waals surface area contributed by atoms with E-state index in [1.807, 2.05) is 6.92 Å². The Morgan fingerprint density at radius 2 is 2.10 bits per heavy atom. The SMILES string of the molecule is CCC1NC(=O)C(C)N(Cc2ccc(OC)c(F)c2)C1=O. The van der Waals surface area contributed by atoms with Gasteiger partial charge in [-0.25, -0.2) is 4.39 Å². The maximum Gasteiger partial charge on any atom is 0.246 e. The summed E-state index contributed by atoms with van der Waals surface area (Å²) in [5, 5.41) is 2.69. The van der Waals surface area contributed by atoms with Gasteiger partial charge in [0.05, 0.1) is 7.11 Å². The van der Waals surface area contributed by atoms with Crippen LogP contribution < -0.4 is 10.1 Å². The number of amides is 2. The Hall–Kier alpha value is -2.11. The second kappa shape index (κ2) is 6.11. The number of benzene rings is 1. The smallest absolute Gasteiger partial charge is 0.246 e. The van der Waals surface area contributed by atoms with Gasteiger partial charge in [-0.3, -0.25) is 9.59 Å². The van der Waals surface area contributed by atoms with Crippen LogP contribution in [-0.2, 0) is 16.1 Å². The van der Waals surface area contributed by atoms with Crippen molar-refractivity contribution < 1.29 is 18.7 Å².